The van der Waals surface area contributed by atoms with Crippen LogP contribution in [0.2, 0.25) is 0 Å². The van der Waals surface area contributed by atoms with Crippen molar-refractivity contribution in [2.75, 3.05) is 17.2 Å². The Hall–Kier alpha value is -1.81. The predicted molar refractivity (Wildman–Crippen MR) is 89.7 cm³/mol. The van der Waals surface area contributed by atoms with E-state index in [4.69, 9.17) is 5.73 Å². The molecule has 1 aliphatic heterocycles. The van der Waals surface area contributed by atoms with Gasteiger partial charge in [-0.25, -0.2) is 0 Å². The van der Waals surface area contributed by atoms with E-state index in [1.54, 1.807) is 0 Å². The van der Waals surface area contributed by atoms with Crippen molar-refractivity contribution in [1.29, 1.82) is 0 Å². The van der Waals surface area contributed by atoms with Crippen molar-refractivity contribution in [3.05, 3.63) is 57.6 Å². The van der Waals surface area contributed by atoms with Crippen LogP contribution in [-0.4, -0.2) is 12.5 Å². The molecular weight excluding hydrogens is 328 g/mol. The van der Waals surface area contributed by atoms with E-state index >= 15 is 0 Å². The third kappa shape index (κ3) is 2.56. The lowest BCUT2D eigenvalue weighted by molar-refractivity contribution is 0.0984. The Morgan fingerprint density at radius 2 is 2.10 bits per heavy atom. The summed E-state index contributed by atoms with van der Waals surface area (Å²) >= 11 is 3.53. The van der Waals surface area contributed by atoms with E-state index in [0.717, 1.165) is 35.1 Å². The monoisotopic (exact) mass is 344 g/mol. The smallest absolute Gasteiger partial charge is 0.259 e. The van der Waals surface area contributed by atoms with Crippen LogP contribution in [0.5, 0.6) is 0 Å². The molecule has 4 heteroatoms. The van der Waals surface area contributed by atoms with E-state index < -0.39 is 0 Å². The first-order chi connectivity index (χ1) is 10.1. The molecule has 0 aromatic heterocycles. The molecule has 2 aromatic carbocycles. The SMILES string of the molecule is Cc1cccc(C(=O)N2CCCc3ccc(N)cc32)c1Br. The van der Waals surface area contributed by atoms with Crippen molar-refractivity contribution in [1.82, 2.24) is 0 Å². The number of amides is 1. The first-order valence-electron chi connectivity index (χ1n) is 7.03. The van der Waals surface area contributed by atoms with Gasteiger partial charge in [-0.1, -0.05) is 18.2 Å². The van der Waals surface area contributed by atoms with Crippen LogP contribution < -0.4 is 10.6 Å². The summed E-state index contributed by atoms with van der Waals surface area (Å²) in [6, 6.07) is 11.6. The number of nitrogens with zero attached hydrogens (tertiary/aromatic N) is 1. The highest BCUT2D eigenvalue weighted by Gasteiger charge is 2.25. The second-order valence-corrected chi connectivity index (χ2v) is 6.18. The molecule has 1 amide bonds. The molecule has 0 fully saturated rings. The Kier molecular flexibility index (Phi) is 3.72. The maximum atomic E-state index is 12.9. The van der Waals surface area contributed by atoms with Crippen LogP contribution in [0.3, 0.4) is 0 Å². The minimum absolute atomic E-state index is 0.0251. The quantitative estimate of drug-likeness (QED) is 0.796. The number of nitrogen functional groups attached to an aromatic ring is 1. The standard InChI is InChI=1S/C17H17BrN2O/c1-11-4-2-6-14(16(11)18)17(21)20-9-3-5-12-7-8-13(19)10-15(12)20/h2,4,6-8,10H,3,5,9,19H2,1H3. The van der Waals surface area contributed by atoms with Crippen LogP contribution in [-0.2, 0) is 6.42 Å². The van der Waals surface area contributed by atoms with E-state index in [9.17, 15) is 4.79 Å². The average molecular weight is 345 g/mol. The molecule has 108 valence electrons. The van der Waals surface area contributed by atoms with Gasteiger partial charge in [-0.3, -0.25) is 4.79 Å². The van der Waals surface area contributed by atoms with Gasteiger partial charge in [0, 0.05) is 22.4 Å². The summed E-state index contributed by atoms with van der Waals surface area (Å²) in [5.74, 6) is 0.0251. The first kappa shape index (κ1) is 14.1. The van der Waals surface area contributed by atoms with Gasteiger partial charge in [-0.05, 0) is 65.0 Å². The second kappa shape index (κ2) is 5.53. The van der Waals surface area contributed by atoms with Gasteiger partial charge in [0.1, 0.15) is 0 Å². The highest BCUT2D eigenvalue weighted by Crippen LogP contribution is 2.32. The number of aryl methyl sites for hydroxylation is 2. The summed E-state index contributed by atoms with van der Waals surface area (Å²) in [7, 11) is 0. The lowest BCUT2D eigenvalue weighted by Crippen LogP contribution is -2.35. The average Bonchev–Trinajstić information content (AvgIpc) is 2.48. The molecule has 0 aliphatic carbocycles. The van der Waals surface area contributed by atoms with Gasteiger partial charge in [-0.15, -0.1) is 0 Å². The first-order valence-corrected chi connectivity index (χ1v) is 7.82. The van der Waals surface area contributed by atoms with Gasteiger partial charge in [0.25, 0.3) is 5.91 Å². The molecular formula is C17H17BrN2O. The highest BCUT2D eigenvalue weighted by atomic mass is 79.9. The van der Waals surface area contributed by atoms with Crippen LogP contribution in [0.15, 0.2) is 40.9 Å². The summed E-state index contributed by atoms with van der Waals surface area (Å²) in [5.41, 5.74) is 10.5. The van der Waals surface area contributed by atoms with Crippen molar-refractivity contribution in [2.45, 2.75) is 19.8 Å². The number of benzene rings is 2. The lowest BCUT2D eigenvalue weighted by Gasteiger charge is -2.30. The normalized spacial score (nSPS) is 13.9. The fraction of sp³-hybridized carbons (Fsp3) is 0.235. The summed E-state index contributed by atoms with van der Waals surface area (Å²) in [6.45, 7) is 2.72. The lowest BCUT2D eigenvalue weighted by atomic mass is 10.00. The van der Waals surface area contributed by atoms with E-state index in [1.807, 2.05) is 48.2 Å². The maximum absolute atomic E-state index is 12.9. The zero-order valence-corrected chi connectivity index (χ0v) is 13.5. The van der Waals surface area contributed by atoms with E-state index in [2.05, 4.69) is 15.9 Å². The topological polar surface area (TPSA) is 46.3 Å². The van der Waals surface area contributed by atoms with Gasteiger partial charge in [-0.2, -0.15) is 0 Å². The molecule has 21 heavy (non-hydrogen) atoms. The molecule has 3 nitrogen and oxygen atoms in total. The molecule has 0 atom stereocenters. The Morgan fingerprint density at radius 3 is 2.90 bits per heavy atom. The van der Waals surface area contributed by atoms with Crippen LogP contribution >= 0.6 is 15.9 Å². The minimum Gasteiger partial charge on any atom is -0.399 e. The number of carbonyl (C=O) groups excluding carboxylic acids is 1. The van der Waals surface area contributed by atoms with E-state index in [-0.39, 0.29) is 5.91 Å². The Labute approximate surface area is 132 Å². The zero-order chi connectivity index (χ0) is 15.0. The largest absolute Gasteiger partial charge is 0.399 e. The number of hydrogen-bond donors (Lipinski definition) is 1. The Bertz CT molecular complexity index is 712. The third-order valence-electron chi connectivity index (χ3n) is 3.90. The number of halogens is 1. The number of hydrogen-bond acceptors (Lipinski definition) is 2. The van der Waals surface area contributed by atoms with Gasteiger partial charge in [0.2, 0.25) is 0 Å². The summed E-state index contributed by atoms with van der Waals surface area (Å²) < 4.78 is 0.867. The number of anilines is 2. The van der Waals surface area contributed by atoms with Crippen LogP contribution in [0.1, 0.15) is 27.9 Å². The minimum atomic E-state index is 0.0251. The highest BCUT2D eigenvalue weighted by molar-refractivity contribution is 9.10. The van der Waals surface area contributed by atoms with Crippen molar-refractivity contribution in [3.63, 3.8) is 0 Å². The number of carbonyl (C=O) groups is 1. The van der Waals surface area contributed by atoms with Crippen molar-refractivity contribution >= 4 is 33.2 Å². The second-order valence-electron chi connectivity index (χ2n) is 5.38. The van der Waals surface area contributed by atoms with Gasteiger partial charge >= 0.3 is 0 Å². The Balaban J connectivity index is 2.04. The van der Waals surface area contributed by atoms with Crippen LogP contribution in [0.25, 0.3) is 0 Å². The third-order valence-corrected chi connectivity index (χ3v) is 4.95. The number of fused-ring (bicyclic) bond motifs is 1. The fourth-order valence-corrected chi connectivity index (χ4v) is 3.19. The van der Waals surface area contributed by atoms with Gasteiger partial charge in [0.05, 0.1) is 5.56 Å². The molecule has 0 spiro atoms. The van der Waals surface area contributed by atoms with Crippen molar-refractivity contribution < 1.29 is 4.79 Å². The molecule has 2 aromatic rings. The molecule has 0 unspecified atom stereocenters. The molecule has 0 radical (unpaired) electrons. The van der Waals surface area contributed by atoms with E-state index in [1.165, 1.54) is 5.56 Å². The Morgan fingerprint density at radius 1 is 1.29 bits per heavy atom. The fourth-order valence-electron chi connectivity index (χ4n) is 2.76. The molecule has 1 heterocycles. The van der Waals surface area contributed by atoms with Crippen LogP contribution in [0, 0.1) is 6.92 Å². The number of nitrogens with two attached hydrogens (primary N) is 1. The zero-order valence-electron chi connectivity index (χ0n) is 11.9. The molecule has 0 bridgehead atoms. The summed E-state index contributed by atoms with van der Waals surface area (Å²) in [6.07, 6.45) is 1.97. The summed E-state index contributed by atoms with van der Waals surface area (Å²) in [4.78, 5) is 14.7. The van der Waals surface area contributed by atoms with Crippen molar-refractivity contribution in [3.8, 4) is 0 Å². The molecule has 0 saturated heterocycles. The van der Waals surface area contributed by atoms with E-state index in [0.29, 0.717) is 11.3 Å². The predicted octanol–water partition coefficient (Wildman–Crippen LogP) is 3.93. The molecule has 1 aliphatic rings. The summed E-state index contributed by atoms with van der Waals surface area (Å²) in [5, 5.41) is 0. The maximum Gasteiger partial charge on any atom is 0.259 e. The van der Waals surface area contributed by atoms with Crippen LogP contribution in [0.4, 0.5) is 11.4 Å². The van der Waals surface area contributed by atoms with Crippen molar-refractivity contribution in [2.24, 2.45) is 0 Å². The molecule has 3 rings (SSSR count). The molecule has 2 N–H and O–H groups in total. The number of rotatable bonds is 1. The van der Waals surface area contributed by atoms with Gasteiger partial charge < -0.3 is 10.6 Å². The van der Waals surface area contributed by atoms with Gasteiger partial charge in [0.15, 0.2) is 0 Å². The molecule has 0 saturated carbocycles.